The number of aromatic nitrogens is 4. The van der Waals surface area contributed by atoms with Crippen LogP contribution >= 0.6 is 11.6 Å². The van der Waals surface area contributed by atoms with Crippen molar-refractivity contribution in [2.75, 3.05) is 19.8 Å². The van der Waals surface area contributed by atoms with Crippen molar-refractivity contribution in [2.24, 2.45) is 0 Å². The summed E-state index contributed by atoms with van der Waals surface area (Å²) in [6, 6.07) is 10.7. The van der Waals surface area contributed by atoms with Crippen LogP contribution in [0.3, 0.4) is 0 Å². The third-order valence-electron chi connectivity index (χ3n) is 3.89. The minimum Gasteiger partial charge on any atom is -0.475 e. The number of carbonyl (C=O) groups excluding carboxylic acids is 2. The number of nitrogens with one attached hydrogen (secondary N) is 1. The van der Waals surface area contributed by atoms with Gasteiger partial charge in [-0.25, -0.2) is 0 Å². The van der Waals surface area contributed by atoms with Crippen LogP contribution in [-0.2, 0) is 14.3 Å². The SMILES string of the molecule is CCOC(=O)CCC(=O)NCCOc1ccc2nnc(-c3ccccc3Cl)n2n1. The molecular formula is C19H20ClN5O4. The van der Waals surface area contributed by atoms with E-state index in [2.05, 4.69) is 20.6 Å². The number of benzene rings is 1. The number of fused-ring (bicyclic) bond motifs is 1. The molecule has 0 aliphatic carbocycles. The molecule has 0 aliphatic heterocycles. The van der Waals surface area contributed by atoms with Gasteiger partial charge in [-0.3, -0.25) is 9.59 Å². The zero-order valence-electron chi connectivity index (χ0n) is 15.8. The quantitative estimate of drug-likeness (QED) is 0.420. The van der Waals surface area contributed by atoms with Gasteiger partial charge in [0, 0.05) is 18.1 Å². The van der Waals surface area contributed by atoms with Gasteiger partial charge in [0.05, 0.1) is 24.6 Å². The number of rotatable bonds is 9. The molecule has 0 aliphatic rings. The number of ether oxygens (including phenoxy) is 2. The van der Waals surface area contributed by atoms with Crippen molar-refractivity contribution in [3.8, 4) is 17.3 Å². The Kier molecular flexibility index (Phi) is 6.96. The number of hydrogen-bond donors (Lipinski definition) is 1. The molecule has 1 amide bonds. The molecule has 3 aromatic rings. The number of amides is 1. The maximum absolute atomic E-state index is 11.7. The molecule has 0 saturated carbocycles. The molecule has 0 unspecified atom stereocenters. The van der Waals surface area contributed by atoms with Crippen LogP contribution in [-0.4, -0.2) is 51.4 Å². The number of esters is 1. The molecular weight excluding hydrogens is 398 g/mol. The van der Waals surface area contributed by atoms with Gasteiger partial charge >= 0.3 is 5.97 Å². The third kappa shape index (κ3) is 5.41. The fourth-order valence-corrected chi connectivity index (χ4v) is 2.76. The van der Waals surface area contributed by atoms with Crippen molar-refractivity contribution in [1.82, 2.24) is 25.1 Å². The van der Waals surface area contributed by atoms with Gasteiger partial charge in [-0.2, -0.15) is 4.52 Å². The molecule has 29 heavy (non-hydrogen) atoms. The van der Waals surface area contributed by atoms with E-state index in [4.69, 9.17) is 21.1 Å². The standard InChI is InChI=1S/C19H20ClN5O4/c1-2-28-18(27)10-8-16(26)21-11-12-29-17-9-7-15-22-23-19(25(15)24-17)13-5-3-4-6-14(13)20/h3-7,9H,2,8,10-12H2,1H3,(H,21,26). The van der Waals surface area contributed by atoms with Gasteiger partial charge in [0.25, 0.3) is 0 Å². The zero-order chi connectivity index (χ0) is 20.6. The van der Waals surface area contributed by atoms with Crippen molar-refractivity contribution in [3.05, 3.63) is 41.4 Å². The third-order valence-corrected chi connectivity index (χ3v) is 4.22. The summed E-state index contributed by atoms with van der Waals surface area (Å²) in [5, 5.41) is 15.8. The first-order valence-electron chi connectivity index (χ1n) is 9.11. The zero-order valence-corrected chi connectivity index (χ0v) is 16.6. The van der Waals surface area contributed by atoms with Crippen molar-refractivity contribution >= 4 is 29.1 Å². The van der Waals surface area contributed by atoms with E-state index in [-0.39, 0.29) is 37.9 Å². The van der Waals surface area contributed by atoms with Crippen LogP contribution in [0, 0.1) is 0 Å². The first-order chi connectivity index (χ1) is 14.1. The topological polar surface area (TPSA) is 108 Å². The van der Waals surface area contributed by atoms with Crippen LogP contribution in [0.25, 0.3) is 17.0 Å². The lowest BCUT2D eigenvalue weighted by molar-refractivity contribution is -0.144. The molecule has 0 radical (unpaired) electrons. The molecule has 1 N–H and O–H groups in total. The smallest absolute Gasteiger partial charge is 0.306 e. The van der Waals surface area contributed by atoms with Crippen LogP contribution in [0.5, 0.6) is 5.88 Å². The van der Waals surface area contributed by atoms with Gasteiger partial charge in [-0.1, -0.05) is 23.7 Å². The Labute approximate surface area is 172 Å². The molecule has 3 rings (SSSR count). The summed E-state index contributed by atoms with van der Waals surface area (Å²) >= 11 is 6.24. The van der Waals surface area contributed by atoms with Gasteiger partial charge in [0.15, 0.2) is 11.5 Å². The Balaban J connectivity index is 1.55. The Morgan fingerprint density at radius 3 is 2.76 bits per heavy atom. The number of hydrogen-bond acceptors (Lipinski definition) is 7. The maximum atomic E-state index is 11.7. The van der Waals surface area contributed by atoms with Crippen LogP contribution in [0.15, 0.2) is 36.4 Å². The van der Waals surface area contributed by atoms with Gasteiger partial charge in [0.2, 0.25) is 11.8 Å². The Bertz CT molecular complexity index is 1010. The highest BCUT2D eigenvalue weighted by atomic mass is 35.5. The summed E-state index contributed by atoms with van der Waals surface area (Å²) in [5.41, 5.74) is 1.26. The van der Waals surface area contributed by atoms with Crippen LogP contribution in [0.2, 0.25) is 5.02 Å². The van der Waals surface area contributed by atoms with Crippen molar-refractivity contribution in [3.63, 3.8) is 0 Å². The van der Waals surface area contributed by atoms with E-state index in [1.807, 2.05) is 18.2 Å². The van der Waals surface area contributed by atoms with E-state index in [0.717, 1.165) is 0 Å². The average molecular weight is 418 g/mol. The number of carbonyl (C=O) groups is 2. The highest BCUT2D eigenvalue weighted by Gasteiger charge is 2.13. The summed E-state index contributed by atoms with van der Waals surface area (Å²) < 4.78 is 11.9. The summed E-state index contributed by atoms with van der Waals surface area (Å²) in [4.78, 5) is 23.0. The molecule has 0 fully saturated rings. The molecule has 0 saturated heterocycles. The molecule has 2 aromatic heterocycles. The average Bonchev–Trinajstić information content (AvgIpc) is 3.13. The van der Waals surface area contributed by atoms with Crippen LogP contribution in [0.4, 0.5) is 0 Å². The fourth-order valence-electron chi connectivity index (χ4n) is 2.54. The highest BCUT2D eigenvalue weighted by Crippen LogP contribution is 2.26. The number of nitrogens with zero attached hydrogens (tertiary/aromatic N) is 4. The molecule has 152 valence electrons. The molecule has 0 bridgehead atoms. The Morgan fingerprint density at radius 2 is 1.97 bits per heavy atom. The molecule has 1 aromatic carbocycles. The Morgan fingerprint density at radius 1 is 1.14 bits per heavy atom. The summed E-state index contributed by atoms with van der Waals surface area (Å²) in [6.45, 7) is 2.52. The van der Waals surface area contributed by atoms with E-state index in [9.17, 15) is 9.59 Å². The summed E-state index contributed by atoms with van der Waals surface area (Å²) in [6.07, 6.45) is 0.127. The van der Waals surface area contributed by atoms with Crippen molar-refractivity contribution in [1.29, 1.82) is 0 Å². The second kappa shape index (κ2) is 9.83. The highest BCUT2D eigenvalue weighted by molar-refractivity contribution is 6.33. The van der Waals surface area contributed by atoms with Crippen molar-refractivity contribution < 1.29 is 19.1 Å². The maximum Gasteiger partial charge on any atom is 0.306 e. The second-order valence-electron chi connectivity index (χ2n) is 5.95. The molecule has 10 heteroatoms. The first-order valence-corrected chi connectivity index (χ1v) is 9.48. The predicted octanol–water partition coefficient (Wildman–Crippen LogP) is 2.28. The largest absolute Gasteiger partial charge is 0.475 e. The van der Waals surface area contributed by atoms with Gasteiger partial charge in [0.1, 0.15) is 6.61 Å². The van der Waals surface area contributed by atoms with E-state index in [0.29, 0.717) is 34.5 Å². The molecule has 2 heterocycles. The molecule has 0 atom stereocenters. The normalized spacial score (nSPS) is 10.7. The van der Waals surface area contributed by atoms with Crippen molar-refractivity contribution in [2.45, 2.75) is 19.8 Å². The van der Waals surface area contributed by atoms with Gasteiger partial charge in [-0.15, -0.1) is 15.3 Å². The lowest BCUT2D eigenvalue weighted by atomic mass is 10.2. The lowest BCUT2D eigenvalue weighted by Crippen LogP contribution is -2.28. The van der Waals surface area contributed by atoms with E-state index < -0.39 is 0 Å². The monoisotopic (exact) mass is 417 g/mol. The number of halogens is 1. The molecule has 0 spiro atoms. The first kappa shape index (κ1) is 20.5. The predicted molar refractivity (Wildman–Crippen MR) is 106 cm³/mol. The Hall–Kier alpha value is -3.20. The summed E-state index contributed by atoms with van der Waals surface area (Å²) in [7, 11) is 0. The van der Waals surface area contributed by atoms with E-state index in [1.165, 1.54) is 0 Å². The molecule has 9 nitrogen and oxygen atoms in total. The minimum absolute atomic E-state index is 0.0528. The fraction of sp³-hybridized carbons (Fsp3) is 0.316. The second-order valence-corrected chi connectivity index (χ2v) is 6.36. The van der Waals surface area contributed by atoms with E-state index in [1.54, 1.807) is 29.6 Å². The minimum atomic E-state index is -0.389. The summed E-state index contributed by atoms with van der Waals surface area (Å²) in [5.74, 6) is 0.222. The van der Waals surface area contributed by atoms with Gasteiger partial charge < -0.3 is 14.8 Å². The van der Waals surface area contributed by atoms with E-state index >= 15 is 0 Å². The van der Waals surface area contributed by atoms with Gasteiger partial charge in [-0.05, 0) is 25.1 Å². The lowest BCUT2D eigenvalue weighted by Gasteiger charge is -2.08. The van der Waals surface area contributed by atoms with Crippen LogP contribution < -0.4 is 10.1 Å². The van der Waals surface area contributed by atoms with Crippen LogP contribution in [0.1, 0.15) is 19.8 Å².